The first-order valence-electron chi connectivity index (χ1n) is 12.0. The van der Waals surface area contributed by atoms with Gasteiger partial charge in [0.15, 0.2) is 0 Å². The number of rotatable bonds is 6. The summed E-state index contributed by atoms with van der Waals surface area (Å²) in [6.45, 7) is 2.78. The fourth-order valence-corrected chi connectivity index (χ4v) is 4.55. The zero-order chi connectivity index (χ0) is 24.8. The molecule has 0 radical (unpaired) electrons. The number of methoxy groups -OCH3 is 2. The van der Waals surface area contributed by atoms with Crippen LogP contribution in [0.2, 0.25) is 0 Å². The van der Waals surface area contributed by atoms with Gasteiger partial charge in [0.2, 0.25) is 5.91 Å². The molecular formula is C26H32N4O5. The minimum Gasteiger partial charge on any atom is -0.494 e. The van der Waals surface area contributed by atoms with Gasteiger partial charge in [-0.25, -0.2) is 4.79 Å². The third-order valence-electron chi connectivity index (χ3n) is 6.58. The fraction of sp³-hybridized carbons (Fsp3) is 0.423. The van der Waals surface area contributed by atoms with Gasteiger partial charge < -0.3 is 29.9 Å². The Morgan fingerprint density at radius 3 is 1.91 bits per heavy atom. The number of amides is 4. The summed E-state index contributed by atoms with van der Waals surface area (Å²) in [5.74, 6) is 0.198. The summed E-state index contributed by atoms with van der Waals surface area (Å²) >= 11 is 0. The number of anilines is 2. The van der Waals surface area contributed by atoms with Gasteiger partial charge in [-0.3, -0.25) is 9.59 Å². The number of benzene rings is 2. The van der Waals surface area contributed by atoms with Gasteiger partial charge in [0, 0.05) is 49.8 Å². The molecule has 9 heteroatoms. The second kappa shape index (κ2) is 11.1. The minimum atomic E-state index is -0.280. The van der Waals surface area contributed by atoms with Crippen LogP contribution in [0.4, 0.5) is 16.2 Å². The summed E-state index contributed by atoms with van der Waals surface area (Å²) in [7, 11) is 3.00. The molecule has 2 aromatic rings. The van der Waals surface area contributed by atoms with Crippen molar-refractivity contribution in [1.82, 2.24) is 9.80 Å². The highest BCUT2D eigenvalue weighted by atomic mass is 16.5. The van der Waals surface area contributed by atoms with Gasteiger partial charge >= 0.3 is 6.03 Å². The van der Waals surface area contributed by atoms with E-state index < -0.39 is 0 Å². The summed E-state index contributed by atoms with van der Waals surface area (Å²) in [5.41, 5.74) is 1.41. The van der Waals surface area contributed by atoms with Gasteiger partial charge in [-0.15, -0.1) is 0 Å². The maximum Gasteiger partial charge on any atom is 0.319 e. The molecule has 9 nitrogen and oxygen atoms in total. The number of carbonyl (C=O) groups excluding carboxylic acids is 3. The van der Waals surface area contributed by atoms with Gasteiger partial charge in [-0.05, 0) is 37.8 Å². The monoisotopic (exact) mass is 480 g/mol. The quantitative estimate of drug-likeness (QED) is 0.655. The Labute approximate surface area is 205 Å². The third-order valence-corrected chi connectivity index (χ3v) is 6.58. The van der Waals surface area contributed by atoms with Gasteiger partial charge in [0.05, 0.1) is 25.6 Å². The molecule has 2 saturated heterocycles. The topological polar surface area (TPSA) is 100 Å². The Bertz CT molecular complexity index is 1060. The van der Waals surface area contributed by atoms with Crippen molar-refractivity contribution in [3.05, 3.63) is 48.0 Å². The maximum absolute atomic E-state index is 13.0. The Morgan fingerprint density at radius 2 is 1.34 bits per heavy atom. The lowest BCUT2D eigenvalue weighted by molar-refractivity contribution is -0.121. The molecule has 2 aromatic carbocycles. The van der Waals surface area contributed by atoms with Crippen LogP contribution in [-0.4, -0.2) is 68.0 Å². The molecule has 186 valence electrons. The van der Waals surface area contributed by atoms with Crippen LogP contribution >= 0.6 is 0 Å². The van der Waals surface area contributed by atoms with Crippen LogP contribution in [0.1, 0.15) is 36.0 Å². The van der Waals surface area contributed by atoms with E-state index in [0.29, 0.717) is 54.4 Å². The van der Waals surface area contributed by atoms with Crippen molar-refractivity contribution >= 4 is 29.2 Å². The summed E-state index contributed by atoms with van der Waals surface area (Å²) in [5, 5.41) is 5.78. The van der Waals surface area contributed by atoms with Gasteiger partial charge in [-0.1, -0.05) is 18.2 Å². The molecule has 2 fully saturated rings. The summed E-state index contributed by atoms with van der Waals surface area (Å²) in [4.78, 5) is 42.0. The van der Waals surface area contributed by atoms with Crippen molar-refractivity contribution in [2.24, 2.45) is 5.92 Å². The Kier molecular flexibility index (Phi) is 7.74. The normalized spacial score (nSPS) is 16.1. The van der Waals surface area contributed by atoms with E-state index in [1.165, 1.54) is 14.2 Å². The van der Waals surface area contributed by atoms with Crippen molar-refractivity contribution in [1.29, 1.82) is 0 Å². The number of urea groups is 1. The summed E-state index contributed by atoms with van der Waals surface area (Å²) in [6.07, 6.45) is 3.33. The lowest BCUT2D eigenvalue weighted by Crippen LogP contribution is -2.47. The summed E-state index contributed by atoms with van der Waals surface area (Å²) in [6, 6.07) is 12.2. The van der Waals surface area contributed by atoms with E-state index >= 15 is 0 Å². The van der Waals surface area contributed by atoms with Crippen LogP contribution in [0.15, 0.2) is 42.5 Å². The highest BCUT2D eigenvalue weighted by molar-refractivity contribution is 6.05. The number of piperidine rings is 1. The molecule has 0 atom stereocenters. The molecule has 0 bridgehead atoms. The highest BCUT2D eigenvalue weighted by Gasteiger charge is 2.31. The van der Waals surface area contributed by atoms with Crippen molar-refractivity contribution in [2.75, 3.05) is 51.0 Å². The predicted molar refractivity (Wildman–Crippen MR) is 133 cm³/mol. The summed E-state index contributed by atoms with van der Waals surface area (Å²) < 4.78 is 11.0. The predicted octanol–water partition coefficient (Wildman–Crippen LogP) is 3.82. The Hall–Kier alpha value is -3.75. The van der Waals surface area contributed by atoms with Crippen molar-refractivity contribution in [2.45, 2.75) is 25.7 Å². The van der Waals surface area contributed by atoms with Crippen LogP contribution in [0.3, 0.4) is 0 Å². The standard InChI is InChI=1S/C26H32N4O5/c1-34-22-17-21(23(35-2)16-20(22)27-24(31)18-8-4-3-5-9-18)28-25(32)19-10-14-30(15-11-19)26(33)29-12-6-7-13-29/h3-5,8-9,16-17,19H,6-7,10-15H2,1-2H3,(H,27,31)(H,28,32). The van der Waals surface area contributed by atoms with Crippen LogP contribution in [0.5, 0.6) is 11.5 Å². The Balaban J connectivity index is 1.40. The second-order valence-corrected chi connectivity index (χ2v) is 8.80. The fourth-order valence-electron chi connectivity index (χ4n) is 4.55. The number of hydrogen-bond acceptors (Lipinski definition) is 5. The SMILES string of the molecule is COc1cc(NC(=O)C2CCN(C(=O)N3CCCC3)CC2)c(OC)cc1NC(=O)c1ccccc1. The molecule has 35 heavy (non-hydrogen) atoms. The van der Waals surface area contributed by atoms with Crippen molar-refractivity contribution in [3.8, 4) is 11.5 Å². The lowest BCUT2D eigenvalue weighted by Gasteiger charge is -2.34. The third kappa shape index (κ3) is 5.67. The zero-order valence-corrected chi connectivity index (χ0v) is 20.2. The van der Waals surface area contributed by atoms with E-state index in [9.17, 15) is 14.4 Å². The van der Waals surface area contributed by atoms with E-state index in [1.807, 2.05) is 15.9 Å². The zero-order valence-electron chi connectivity index (χ0n) is 20.2. The van der Waals surface area contributed by atoms with E-state index in [2.05, 4.69) is 10.6 Å². The molecule has 4 rings (SSSR count). The highest BCUT2D eigenvalue weighted by Crippen LogP contribution is 2.37. The molecule has 0 aliphatic carbocycles. The number of hydrogen-bond donors (Lipinski definition) is 2. The number of carbonyl (C=O) groups is 3. The molecule has 2 heterocycles. The first-order valence-corrected chi connectivity index (χ1v) is 12.0. The minimum absolute atomic E-state index is 0.0842. The van der Waals surface area contributed by atoms with E-state index in [4.69, 9.17) is 9.47 Å². The van der Waals surface area contributed by atoms with Crippen molar-refractivity contribution in [3.63, 3.8) is 0 Å². The Morgan fingerprint density at radius 1 is 0.800 bits per heavy atom. The van der Waals surface area contributed by atoms with Gasteiger partial charge in [0.1, 0.15) is 11.5 Å². The molecule has 2 aliphatic rings. The largest absolute Gasteiger partial charge is 0.494 e. The van der Waals surface area contributed by atoms with Crippen LogP contribution in [0.25, 0.3) is 0 Å². The molecular weight excluding hydrogens is 448 g/mol. The first-order chi connectivity index (χ1) is 17.0. The van der Waals surface area contributed by atoms with Crippen LogP contribution < -0.4 is 20.1 Å². The van der Waals surface area contributed by atoms with Crippen LogP contribution in [-0.2, 0) is 4.79 Å². The van der Waals surface area contributed by atoms with Gasteiger partial charge in [0.25, 0.3) is 5.91 Å². The first kappa shape index (κ1) is 24.4. The van der Waals surface area contributed by atoms with E-state index in [0.717, 1.165) is 25.9 Å². The molecule has 0 spiro atoms. The number of ether oxygens (including phenoxy) is 2. The molecule has 2 aliphatic heterocycles. The number of nitrogens with one attached hydrogen (secondary N) is 2. The maximum atomic E-state index is 13.0. The van der Waals surface area contributed by atoms with E-state index in [-0.39, 0.29) is 23.8 Å². The average Bonchev–Trinajstić information content (AvgIpc) is 3.44. The average molecular weight is 481 g/mol. The number of likely N-dealkylation sites (tertiary alicyclic amines) is 2. The lowest BCUT2D eigenvalue weighted by atomic mass is 9.96. The molecule has 0 aromatic heterocycles. The molecule has 2 N–H and O–H groups in total. The van der Waals surface area contributed by atoms with Crippen molar-refractivity contribution < 1.29 is 23.9 Å². The number of nitrogens with zero attached hydrogens (tertiary/aromatic N) is 2. The molecule has 4 amide bonds. The smallest absolute Gasteiger partial charge is 0.319 e. The van der Waals surface area contributed by atoms with Gasteiger partial charge in [-0.2, -0.15) is 0 Å². The second-order valence-electron chi connectivity index (χ2n) is 8.80. The van der Waals surface area contributed by atoms with E-state index in [1.54, 1.807) is 36.4 Å². The van der Waals surface area contributed by atoms with Crippen LogP contribution in [0, 0.1) is 5.92 Å². The molecule has 0 unspecified atom stereocenters. The molecule has 0 saturated carbocycles.